The van der Waals surface area contributed by atoms with Crippen LogP contribution in [-0.2, 0) is 17.6 Å². The first-order valence-electron chi connectivity index (χ1n) is 9.03. The van der Waals surface area contributed by atoms with Crippen LogP contribution in [0.4, 0.5) is 5.69 Å². The van der Waals surface area contributed by atoms with Crippen LogP contribution in [0.2, 0.25) is 0 Å². The summed E-state index contributed by atoms with van der Waals surface area (Å²) >= 11 is 1.73. The Morgan fingerprint density at radius 1 is 1.08 bits per heavy atom. The SMILES string of the molecule is Cc1cccc(C)c1NC(=O)C1CCc2nc(-c3ccccc3)sc2C1. The van der Waals surface area contributed by atoms with Gasteiger partial charge in [0.2, 0.25) is 5.91 Å². The maximum Gasteiger partial charge on any atom is 0.227 e. The van der Waals surface area contributed by atoms with Gasteiger partial charge in [-0.3, -0.25) is 4.79 Å². The lowest BCUT2D eigenvalue weighted by Crippen LogP contribution is -2.28. The van der Waals surface area contributed by atoms with E-state index in [1.807, 2.05) is 50.2 Å². The second-order valence-corrected chi connectivity index (χ2v) is 8.03. The quantitative estimate of drug-likeness (QED) is 0.698. The van der Waals surface area contributed by atoms with Crippen LogP contribution in [0, 0.1) is 19.8 Å². The van der Waals surface area contributed by atoms with Crippen molar-refractivity contribution in [2.45, 2.75) is 33.1 Å². The van der Waals surface area contributed by atoms with Crippen LogP contribution in [0.15, 0.2) is 48.5 Å². The number of hydrogen-bond acceptors (Lipinski definition) is 3. The Morgan fingerprint density at radius 3 is 2.54 bits per heavy atom. The zero-order chi connectivity index (χ0) is 18.1. The fourth-order valence-corrected chi connectivity index (χ4v) is 4.73. The molecule has 1 aliphatic carbocycles. The Balaban J connectivity index is 1.51. The first kappa shape index (κ1) is 17.0. The second kappa shape index (κ2) is 7.04. The summed E-state index contributed by atoms with van der Waals surface area (Å²) in [6.45, 7) is 4.08. The molecule has 1 amide bonds. The maximum absolute atomic E-state index is 12.8. The summed E-state index contributed by atoms with van der Waals surface area (Å²) < 4.78 is 0. The molecule has 1 heterocycles. The predicted octanol–water partition coefficient (Wildman–Crippen LogP) is 5.17. The summed E-state index contributed by atoms with van der Waals surface area (Å²) in [5.74, 6) is 0.147. The molecule has 0 fully saturated rings. The molecule has 3 aromatic rings. The lowest BCUT2D eigenvalue weighted by atomic mass is 9.90. The summed E-state index contributed by atoms with van der Waals surface area (Å²) in [4.78, 5) is 18.9. The molecule has 0 bridgehead atoms. The number of carbonyl (C=O) groups is 1. The number of benzene rings is 2. The summed E-state index contributed by atoms with van der Waals surface area (Å²) in [5.41, 5.74) is 5.50. The van der Waals surface area contributed by atoms with E-state index in [9.17, 15) is 4.79 Å². The van der Waals surface area contributed by atoms with Crippen LogP contribution < -0.4 is 5.32 Å². The average molecular weight is 362 g/mol. The number of para-hydroxylation sites is 1. The van der Waals surface area contributed by atoms with Gasteiger partial charge in [0.1, 0.15) is 5.01 Å². The van der Waals surface area contributed by atoms with E-state index in [0.717, 1.165) is 46.6 Å². The molecule has 4 heteroatoms. The van der Waals surface area contributed by atoms with Gasteiger partial charge in [-0.15, -0.1) is 11.3 Å². The van der Waals surface area contributed by atoms with Crippen LogP contribution in [0.5, 0.6) is 0 Å². The number of carbonyl (C=O) groups excluding carboxylic acids is 1. The van der Waals surface area contributed by atoms with Crippen molar-refractivity contribution in [3.8, 4) is 10.6 Å². The molecule has 4 rings (SSSR count). The van der Waals surface area contributed by atoms with Crippen molar-refractivity contribution in [1.29, 1.82) is 0 Å². The Hall–Kier alpha value is -2.46. The highest BCUT2D eigenvalue weighted by Crippen LogP contribution is 2.35. The molecule has 0 radical (unpaired) electrons. The van der Waals surface area contributed by atoms with E-state index in [2.05, 4.69) is 17.4 Å². The third-order valence-corrected chi connectivity index (χ3v) is 6.23. The monoisotopic (exact) mass is 362 g/mol. The highest BCUT2D eigenvalue weighted by atomic mass is 32.1. The molecule has 0 saturated heterocycles. The zero-order valence-corrected chi connectivity index (χ0v) is 15.9. The zero-order valence-electron chi connectivity index (χ0n) is 15.1. The van der Waals surface area contributed by atoms with Gasteiger partial charge in [0.15, 0.2) is 0 Å². The Kier molecular flexibility index (Phi) is 4.60. The van der Waals surface area contributed by atoms with Gasteiger partial charge in [-0.05, 0) is 44.2 Å². The van der Waals surface area contributed by atoms with Gasteiger partial charge in [-0.2, -0.15) is 0 Å². The minimum Gasteiger partial charge on any atom is -0.325 e. The third kappa shape index (κ3) is 3.29. The molecule has 132 valence electrons. The lowest BCUT2D eigenvalue weighted by molar-refractivity contribution is -0.120. The standard InChI is InChI=1S/C22H22N2OS/c1-14-7-6-8-15(2)20(14)24-21(25)17-11-12-18-19(13-17)26-22(23-18)16-9-4-3-5-10-16/h3-10,17H,11-13H2,1-2H3,(H,24,25). The number of nitrogens with zero attached hydrogens (tertiary/aromatic N) is 1. The molecule has 1 unspecified atom stereocenters. The van der Waals surface area contributed by atoms with Crippen molar-refractivity contribution < 1.29 is 4.79 Å². The summed E-state index contributed by atoms with van der Waals surface area (Å²) in [7, 11) is 0. The maximum atomic E-state index is 12.8. The molecule has 1 N–H and O–H groups in total. The van der Waals surface area contributed by atoms with E-state index in [0.29, 0.717) is 0 Å². The summed E-state index contributed by atoms with van der Waals surface area (Å²) in [6, 6.07) is 16.4. The first-order valence-corrected chi connectivity index (χ1v) is 9.84. The highest BCUT2D eigenvalue weighted by molar-refractivity contribution is 7.15. The number of amides is 1. The molecule has 3 nitrogen and oxygen atoms in total. The molecule has 0 spiro atoms. The Labute approximate surface area is 158 Å². The van der Waals surface area contributed by atoms with Crippen molar-refractivity contribution in [3.63, 3.8) is 0 Å². The van der Waals surface area contributed by atoms with Crippen molar-refractivity contribution in [2.75, 3.05) is 5.32 Å². The molecule has 1 aromatic heterocycles. The van der Waals surface area contributed by atoms with Crippen molar-refractivity contribution >= 4 is 22.9 Å². The van der Waals surface area contributed by atoms with E-state index >= 15 is 0 Å². The topological polar surface area (TPSA) is 42.0 Å². The molecule has 26 heavy (non-hydrogen) atoms. The fraction of sp³-hybridized carbons (Fsp3) is 0.273. The van der Waals surface area contributed by atoms with E-state index in [4.69, 9.17) is 4.98 Å². The molecular formula is C22H22N2OS. The van der Waals surface area contributed by atoms with Crippen LogP contribution in [-0.4, -0.2) is 10.9 Å². The van der Waals surface area contributed by atoms with E-state index in [1.54, 1.807) is 11.3 Å². The number of hydrogen-bond donors (Lipinski definition) is 1. The number of aryl methyl sites for hydroxylation is 3. The van der Waals surface area contributed by atoms with Crippen LogP contribution in [0.25, 0.3) is 10.6 Å². The van der Waals surface area contributed by atoms with Gasteiger partial charge in [-0.25, -0.2) is 4.98 Å². The van der Waals surface area contributed by atoms with Crippen LogP contribution in [0.3, 0.4) is 0 Å². The molecular weight excluding hydrogens is 340 g/mol. The third-order valence-electron chi connectivity index (χ3n) is 5.06. The minimum absolute atomic E-state index is 0.0191. The lowest BCUT2D eigenvalue weighted by Gasteiger charge is -2.21. The van der Waals surface area contributed by atoms with Gasteiger partial charge >= 0.3 is 0 Å². The number of rotatable bonds is 3. The number of fused-ring (bicyclic) bond motifs is 1. The highest BCUT2D eigenvalue weighted by Gasteiger charge is 2.28. The summed E-state index contributed by atoms with van der Waals surface area (Å²) in [6.07, 6.45) is 2.53. The number of nitrogens with one attached hydrogen (secondary N) is 1. The largest absolute Gasteiger partial charge is 0.325 e. The average Bonchev–Trinajstić information content (AvgIpc) is 3.09. The number of anilines is 1. The van der Waals surface area contributed by atoms with Crippen molar-refractivity contribution in [2.24, 2.45) is 5.92 Å². The number of aromatic nitrogens is 1. The Bertz CT molecular complexity index is 926. The van der Waals surface area contributed by atoms with Crippen molar-refractivity contribution in [3.05, 3.63) is 70.2 Å². The fourth-order valence-electron chi connectivity index (χ4n) is 3.54. The molecule has 1 aliphatic rings. The van der Waals surface area contributed by atoms with Crippen LogP contribution >= 0.6 is 11.3 Å². The molecule has 2 aromatic carbocycles. The van der Waals surface area contributed by atoms with E-state index in [1.165, 1.54) is 10.6 Å². The number of thiazole rings is 1. The van der Waals surface area contributed by atoms with Gasteiger partial charge in [-0.1, -0.05) is 48.5 Å². The van der Waals surface area contributed by atoms with Gasteiger partial charge in [0.05, 0.1) is 5.69 Å². The predicted molar refractivity (Wildman–Crippen MR) is 108 cm³/mol. The van der Waals surface area contributed by atoms with Crippen LogP contribution in [0.1, 0.15) is 28.1 Å². The molecule has 0 saturated carbocycles. The summed E-state index contributed by atoms with van der Waals surface area (Å²) in [5, 5.41) is 4.22. The van der Waals surface area contributed by atoms with E-state index in [-0.39, 0.29) is 11.8 Å². The van der Waals surface area contributed by atoms with E-state index < -0.39 is 0 Å². The molecule has 0 aliphatic heterocycles. The molecule has 1 atom stereocenters. The van der Waals surface area contributed by atoms with Gasteiger partial charge in [0, 0.05) is 22.0 Å². The van der Waals surface area contributed by atoms with Crippen molar-refractivity contribution in [1.82, 2.24) is 4.98 Å². The second-order valence-electron chi connectivity index (χ2n) is 6.95. The minimum atomic E-state index is 0.0191. The van der Waals surface area contributed by atoms with Gasteiger partial charge < -0.3 is 5.32 Å². The van der Waals surface area contributed by atoms with Gasteiger partial charge in [0.25, 0.3) is 0 Å². The Morgan fingerprint density at radius 2 is 1.81 bits per heavy atom. The smallest absolute Gasteiger partial charge is 0.227 e. The first-order chi connectivity index (χ1) is 12.6. The normalized spacial score (nSPS) is 16.2.